The van der Waals surface area contributed by atoms with Crippen molar-refractivity contribution in [3.05, 3.63) is 0 Å². The van der Waals surface area contributed by atoms with Crippen LogP contribution >= 0.6 is 0 Å². The third-order valence-corrected chi connectivity index (χ3v) is 2.55. The van der Waals surface area contributed by atoms with Crippen molar-refractivity contribution in [3.63, 3.8) is 0 Å². The van der Waals surface area contributed by atoms with Crippen molar-refractivity contribution in [2.24, 2.45) is 5.92 Å². The Morgan fingerprint density at radius 1 is 1.06 bits per heavy atom. The molecule has 104 valence electrons. The Kier molecular flexibility index (Phi) is 10.9. The molecule has 0 rings (SSSR count). The molecule has 2 unspecified atom stereocenters. The smallest absolute Gasteiger partial charge is 0.0674 e. The molecule has 0 heterocycles. The first-order valence-corrected chi connectivity index (χ1v) is 7.00. The van der Waals surface area contributed by atoms with Gasteiger partial charge >= 0.3 is 0 Å². The van der Waals surface area contributed by atoms with Crippen molar-refractivity contribution in [1.82, 2.24) is 5.32 Å². The van der Waals surface area contributed by atoms with Crippen molar-refractivity contribution < 1.29 is 9.47 Å². The van der Waals surface area contributed by atoms with Gasteiger partial charge in [0.15, 0.2) is 0 Å². The molecule has 17 heavy (non-hydrogen) atoms. The second kappa shape index (κ2) is 11.0. The summed E-state index contributed by atoms with van der Waals surface area (Å²) in [5.41, 5.74) is 0. The summed E-state index contributed by atoms with van der Waals surface area (Å²) < 4.78 is 11.2. The molecule has 0 aliphatic carbocycles. The van der Waals surface area contributed by atoms with Crippen LogP contribution in [0.4, 0.5) is 0 Å². The lowest BCUT2D eigenvalue weighted by atomic mass is 10.1. The molecule has 0 aliphatic heterocycles. The number of nitrogens with one attached hydrogen (secondary N) is 1. The molecule has 0 aromatic rings. The summed E-state index contributed by atoms with van der Waals surface area (Å²) in [5.74, 6) is 0.705. The van der Waals surface area contributed by atoms with Crippen LogP contribution in [-0.4, -0.2) is 38.5 Å². The first kappa shape index (κ1) is 16.9. The molecule has 0 saturated heterocycles. The molecule has 0 fully saturated rings. The van der Waals surface area contributed by atoms with Crippen molar-refractivity contribution in [2.75, 3.05) is 26.3 Å². The van der Waals surface area contributed by atoms with E-state index in [9.17, 15) is 0 Å². The maximum atomic E-state index is 5.90. The predicted molar refractivity (Wildman–Crippen MR) is 73.4 cm³/mol. The van der Waals surface area contributed by atoms with E-state index in [0.29, 0.717) is 12.0 Å². The van der Waals surface area contributed by atoms with E-state index in [1.165, 1.54) is 0 Å². The van der Waals surface area contributed by atoms with Crippen LogP contribution in [0.1, 0.15) is 47.5 Å². The van der Waals surface area contributed by atoms with Gasteiger partial charge in [-0.25, -0.2) is 0 Å². The third-order valence-electron chi connectivity index (χ3n) is 2.55. The minimum Gasteiger partial charge on any atom is -0.382 e. The monoisotopic (exact) mass is 245 g/mol. The first-order chi connectivity index (χ1) is 8.06. The van der Waals surface area contributed by atoms with Gasteiger partial charge in [-0.15, -0.1) is 0 Å². The van der Waals surface area contributed by atoms with Gasteiger partial charge in [0.2, 0.25) is 0 Å². The molecule has 3 nitrogen and oxygen atoms in total. The van der Waals surface area contributed by atoms with Gasteiger partial charge in [-0.3, -0.25) is 0 Å². The fourth-order valence-electron chi connectivity index (χ4n) is 1.91. The van der Waals surface area contributed by atoms with E-state index in [4.69, 9.17) is 9.47 Å². The van der Waals surface area contributed by atoms with Crippen LogP contribution in [0.15, 0.2) is 0 Å². The Labute approximate surface area is 107 Å². The SMILES string of the molecule is CCOCCCNCC(C)OC(C)CC(C)C. The summed E-state index contributed by atoms with van der Waals surface area (Å²) in [4.78, 5) is 0. The van der Waals surface area contributed by atoms with Crippen molar-refractivity contribution in [1.29, 1.82) is 0 Å². The second-order valence-corrected chi connectivity index (χ2v) is 5.14. The Balaban J connectivity index is 3.36. The molecular formula is C14H31NO2. The lowest BCUT2D eigenvalue weighted by Gasteiger charge is -2.21. The highest BCUT2D eigenvalue weighted by atomic mass is 16.5. The normalized spacial score (nSPS) is 15.2. The van der Waals surface area contributed by atoms with Gasteiger partial charge in [0.1, 0.15) is 0 Å². The fourth-order valence-corrected chi connectivity index (χ4v) is 1.91. The Morgan fingerprint density at radius 2 is 1.76 bits per heavy atom. The molecule has 0 saturated carbocycles. The van der Waals surface area contributed by atoms with Crippen LogP contribution < -0.4 is 5.32 Å². The predicted octanol–water partition coefficient (Wildman–Crippen LogP) is 2.84. The Bertz CT molecular complexity index is 162. The van der Waals surface area contributed by atoms with Crippen molar-refractivity contribution in [2.45, 2.75) is 59.7 Å². The van der Waals surface area contributed by atoms with Crippen LogP contribution in [0.3, 0.4) is 0 Å². The zero-order valence-electron chi connectivity index (χ0n) is 12.3. The van der Waals surface area contributed by atoms with Crippen LogP contribution in [0, 0.1) is 5.92 Å². The number of hydrogen-bond donors (Lipinski definition) is 1. The van der Waals surface area contributed by atoms with Crippen LogP contribution in [0.5, 0.6) is 0 Å². The Morgan fingerprint density at radius 3 is 2.35 bits per heavy atom. The molecular weight excluding hydrogens is 214 g/mol. The zero-order valence-corrected chi connectivity index (χ0v) is 12.3. The van der Waals surface area contributed by atoms with E-state index in [2.05, 4.69) is 33.0 Å². The quantitative estimate of drug-likeness (QED) is 0.568. The summed E-state index contributed by atoms with van der Waals surface area (Å²) >= 11 is 0. The summed E-state index contributed by atoms with van der Waals surface area (Å²) in [5, 5.41) is 3.40. The average molecular weight is 245 g/mol. The summed E-state index contributed by atoms with van der Waals surface area (Å²) in [6.07, 6.45) is 2.85. The minimum absolute atomic E-state index is 0.288. The van der Waals surface area contributed by atoms with Gasteiger partial charge in [0.05, 0.1) is 12.2 Å². The molecule has 0 bridgehead atoms. The maximum absolute atomic E-state index is 5.90. The molecule has 0 aromatic carbocycles. The van der Waals surface area contributed by atoms with Gasteiger partial charge < -0.3 is 14.8 Å². The van der Waals surface area contributed by atoms with Crippen molar-refractivity contribution >= 4 is 0 Å². The van der Waals surface area contributed by atoms with Gasteiger partial charge in [0, 0.05) is 19.8 Å². The van der Waals surface area contributed by atoms with E-state index < -0.39 is 0 Å². The van der Waals surface area contributed by atoms with E-state index in [0.717, 1.165) is 39.1 Å². The largest absolute Gasteiger partial charge is 0.382 e. The average Bonchev–Trinajstić information content (AvgIpc) is 2.21. The maximum Gasteiger partial charge on any atom is 0.0674 e. The minimum atomic E-state index is 0.288. The van der Waals surface area contributed by atoms with Crippen LogP contribution in [0.25, 0.3) is 0 Å². The lowest BCUT2D eigenvalue weighted by Crippen LogP contribution is -2.31. The molecule has 0 radical (unpaired) electrons. The summed E-state index contributed by atoms with van der Waals surface area (Å²) in [6.45, 7) is 14.4. The van der Waals surface area contributed by atoms with E-state index in [1.807, 2.05) is 6.92 Å². The summed E-state index contributed by atoms with van der Waals surface area (Å²) in [7, 11) is 0. The third kappa shape index (κ3) is 12.1. The van der Waals surface area contributed by atoms with E-state index >= 15 is 0 Å². The number of hydrogen-bond acceptors (Lipinski definition) is 3. The molecule has 1 N–H and O–H groups in total. The Hall–Kier alpha value is -0.120. The molecule has 0 aliphatic rings. The number of rotatable bonds is 11. The van der Waals surface area contributed by atoms with E-state index in [-0.39, 0.29) is 6.10 Å². The molecule has 2 atom stereocenters. The highest BCUT2D eigenvalue weighted by molar-refractivity contribution is 4.60. The van der Waals surface area contributed by atoms with Gasteiger partial charge in [-0.2, -0.15) is 0 Å². The van der Waals surface area contributed by atoms with Crippen LogP contribution in [0.2, 0.25) is 0 Å². The van der Waals surface area contributed by atoms with Gasteiger partial charge in [0.25, 0.3) is 0 Å². The van der Waals surface area contributed by atoms with Gasteiger partial charge in [-0.1, -0.05) is 13.8 Å². The van der Waals surface area contributed by atoms with Crippen molar-refractivity contribution in [3.8, 4) is 0 Å². The van der Waals surface area contributed by atoms with Gasteiger partial charge in [-0.05, 0) is 46.1 Å². The molecule has 0 amide bonds. The zero-order chi connectivity index (χ0) is 13.1. The van der Waals surface area contributed by atoms with E-state index in [1.54, 1.807) is 0 Å². The molecule has 0 spiro atoms. The topological polar surface area (TPSA) is 30.5 Å². The first-order valence-electron chi connectivity index (χ1n) is 7.00. The lowest BCUT2D eigenvalue weighted by molar-refractivity contribution is -0.00120. The standard InChI is InChI=1S/C14H31NO2/c1-6-16-9-7-8-15-11-14(5)17-13(4)10-12(2)3/h12-15H,6-11H2,1-5H3. The second-order valence-electron chi connectivity index (χ2n) is 5.14. The molecule has 3 heteroatoms. The highest BCUT2D eigenvalue weighted by Gasteiger charge is 2.09. The fraction of sp³-hybridized carbons (Fsp3) is 1.00. The summed E-state index contributed by atoms with van der Waals surface area (Å²) in [6, 6.07) is 0. The molecule has 0 aromatic heterocycles. The highest BCUT2D eigenvalue weighted by Crippen LogP contribution is 2.09. The number of ether oxygens (including phenoxy) is 2. The van der Waals surface area contributed by atoms with Crippen LogP contribution in [-0.2, 0) is 9.47 Å².